The molecule has 3 rings (SSSR count). The molecule has 19 heavy (non-hydrogen) atoms. The molecule has 2 aromatic rings. The van der Waals surface area contributed by atoms with Crippen LogP contribution in [-0.2, 0) is 0 Å². The predicted molar refractivity (Wildman–Crippen MR) is 82.9 cm³/mol. The van der Waals surface area contributed by atoms with Gasteiger partial charge in [0.25, 0.3) is 0 Å². The third-order valence-electron chi connectivity index (χ3n) is 4.07. The Bertz CT molecular complexity index is 550. The summed E-state index contributed by atoms with van der Waals surface area (Å²) < 4.78 is 0. The zero-order valence-corrected chi connectivity index (χ0v) is 11.6. The molecule has 1 fully saturated rings. The highest BCUT2D eigenvalue weighted by atomic mass is 15.2. The van der Waals surface area contributed by atoms with E-state index < -0.39 is 0 Å². The first-order valence-corrected chi connectivity index (χ1v) is 7.34. The van der Waals surface area contributed by atoms with Crippen molar-refractivity contribution in [1.29, 1.82) is 0 Å². The molecule has 1 heterocycles. The maximum absolute atomic E-state index is 3.63. The van der Waals surface area contributed by atoms with E-state index in [4.69, 9.17) is 0 Å². The van der Waals surface area contributed by atoms with Crippen molar-refractivity contribution < 1.29 is 0 Å². The topological polar surface area (TPSA) is 15.3 Å². The number of hydrogen-bond donors (Lipinski definition) is 1. The van der Waals surface area contributed by atoms with Crippen LogP contribution in [0, 0.1) is 0 Å². The van der Waals surface area contributed by atoms with E-state index in [9.17, 15) is 0 Å². The molecule has 1 saturated heterocycles. The van der Waals surface area contributed by atoms with Crippen molar-refractivity contribution in [3.63, 3.8) is 0 Å². The molecule has 2 nitrogen and oxygen atoms in total. The van der Waals surface area contributed by atoms with E-state index in [0.717, 1.165) is 19.6 Å². The van der Waals surface area contributed by atoms with Crippen LogP contribution in [0.2, 0.25) is 0 Å². The minimum atomic E-state index is 0.619. The first-order chi connectivity index (χ1) is 9.36. The first-order valence-electron chi connectivity index (χ1n) is 7.34. The Morgan fingerprint density at radius 3 is 2.84 bits per heavy atom. The normalized spacial score (nSPS) is 20.5. The van der Waals surface area contributed by atoms with Crippen molar-refractivity contribution in [1.82, 2.24) is 5.32 Å². The summed E-state index contributed by atoms with van der Waals surface area (Å²) in [6.07, 6.45) is 2.42. The zero-order chi connectivity index (χ0) is 13.1. The first kappa shape index (κ1) is 12.5. The van der Waals surface area contributed by atoms with E-state index in [1.165, 1.54) is 29.3 Å². The third kappa shape index (κ3) is 2.74. The fourth-order valence-electron chi connectivity index (χ4n) is 2.88. The minimum Gasteiger partial charge on any atom is -0.370 e. The standard InChI is InChI=1S/C17H22N2/c1-2-16-13-19(11-5-10-18-16)17-9-8-14-6-3-4-7-15(14)12-17/h3-4,6-9,12,16,18H,2,5,10-11,13H2,1H3. The van der Waals surface area contributed by atoms with Gasteiger partial charge in [0.15, 0.2) is 0 Å². The molecule has 2 aromatic carbocycles. The van der Waals surface area contributed by atoms with Crippen molar-refractivity contribution in [3.05, 3.63) is 42.5 Å². The summed E-state index contributed by atoms with van der Waals surface area (Å²) in [4.78, 5) is 2.53. The highest BCUT2D eigenvalue weighted by Gasteiger charge is 2.16. The summed E-state index contributed by atoms with van der Waals surface area (Å²) in [7, 11) is 0. The molecular formula is C17H22N2. The minimum absolute atomic E-state index is 0.619. The average Bonchev–Trinajstić information content (AvgIpc) is 2.72. The Morgan fingerprint density at radius 1 is 1.16 bits per heavy atom. The van der Waals surface area contributed by atoms with Crippen molar-refractivity contribution in [3.8, 4) is 0 Å². The van der Waals surface area contributed by atoms with Crippen LogP contribution in [0.4, 0.5) is 5.69 Å². The second kappa shape index (κ2) is 5.62. The molecule has 0 saturated carbocycles. The summed E-state index contributed by atoms with van der Waals surface area (Å²) in [5.74, 6) is 0. The Labute approximate surface area is 115 Å². The summed E-state index contributed by atoms with van der Waals surface area (Å²) in [5, 5.41) is 6.29. The molecule has 1 aliphatic rings. The average molecular weight is 254 g/mol. The molecule has 100 valence electrons. The molecule has 0 aromatic heterocycles. The predicted octanol–water partition coefficient (Wildman–Crippen LogP) is 3.42. The van der Waals surface area contributed by atoms with Gasteiger partial charge in [-0.05, 0) is 42.3 Å². The van der Waals surface area contributed by atoms with E-state index in [0.29, 0.717) is 6.04 Å². The molecule has 1 N–H and O–H groups in total. The van der Waals surface area contributed by atoms with Gasteiger partial charge in [-0.1, -0.05) is 37.3 Å². The number of nitrogens with one attached hydrogen (secondary N) is 1. The maximum atomic E-state index is 3.63. The summed E-state index contributed by atoms with van der Waals surface area (Å²) in [6.45, 7) is 5.68. The van der Waals surface area contributed by atoms with Crippen LogP contribution in [0.3, 0.4) is 0 Å². The quantitative estimate of drug-likeness (QED) is 0.883. The molecule has 0 aliphatic carbocycles. The lowest BCUT2D eigenvalue weighted by atomic mass is 10.1. The summed E-state index contributed by atoms with van der Waals surface area (Å²) in [5.41, 5.74) is 1.36. The smallest absolute Gasteiger partial charge is 0.0373 e. The molecule has 0 bridgehead atoms. The number of benzene rings is 2. The van der Waals surface area contributed by atoms with E-state index in [2.05, 4.69) is 59.6 Å². The Hall–Kier alpha value is -1.54. The van der Waals surface area contributed by atoms with Gasteiger partial charge in [0, 0.05) is 24.8 Å². The monoisotopic (exact) mass is 254 g/mol. The highest BCUT2D eigenvalue weighted by Crippen LogP contribution is 2.23. The fraction of sp³-hybridized carbons (Fsp3) is 0.412. The van der Waals surface area contributed by atoms with Crippen molar-refractivity contribution in [2.24, 2.45) is 0 Å². The van der Waals surface area contributed by atoms with Crippen LogP contribution < -0.4 is 10.2 Å². The lowest BCUT2D eigenvalue weighted by Gasteiger charge is -2.26. The van der Waals surface area contributed by atoms with Gasteiger partial charge in [-0.2, -0.15) is 0 Å². The number of rotatable bonds is 2. The van der Waals surface area contributed by atoms with Gasteiger partial charge < -0.3 is 10.2 Å². The van der Waals surface area contributed by atoms with Crippen LogP contribution in [0.15, 0.2) is 42.5 Å². The van der Waals surface area contributed by atoms with Crippen LogP contribution in [0.25, 0.3) is 10.8 Å². The van der Waals surface area contributed by atoms with Crippen molar-refractivity contribution in [2.45, 2.75) is 25.8 Å². The molecule has 0 amide bonds. The second-order valence-corrected chi connectivity index (χ2v) is 5.39. The highest BCUT2D eigenvalue weighted by molar-refractivity contribution is 5.85. The molecular weight excluding hydrogens is 232 g/mol. The summed E-state index contributed by atoms with van der Waals surface area (Å²) >= 11 is 0. The van der Waals surface area contributed by atoms with Crippen molar-refractivity contribution in [2.75, 3.05) is 24.5 Å². The van der Waals surface area contributed by atoms with Crippen LogP contribution in [-0.4, -0.2) is 25.7 Å². The Kier molecular flexibility index (Phi) is 3.69. The second-order valence-electron chi connectivity index (χ2n) is 5.39. The van der Waals surface area contributed by atoms with E-state index in [1.54, 1.807) is 0 Å². The zero-order valence-electron chi connectivity index (χ0n) is 11.6. The van der Waals surface area contributed by atoms with Crippen LogP contribution in [0.5, 0.6) is 0 Å². The van der Waals surface area contributed by atoms with E-state index in [-0.39, 0.29) is 0 Å². The molecule has 2 heteroatoms. The van der Waals surface area contributed by atoms with Gasteiger partial charge >= 0.3 is 0 Å². The van der Waals surface area contributed by atoms with Crippen LogP contribution >= 0.6 is 0 Å². The third-order valence-corrected chi connectivity index (χ3v) is 4.07. The van der Waals surface area contributed by atoms with Crippen LogP contribution in [0.1, 0.15) is 19.8 Å². The van der Waals surface area contributed by atoms with Gasteiger partial charge in [-0.25, -0.2) is 0 Å². The van der Waals surface area contributed by atoms with Crippen molar-refractivity contribution >= 4 is 16.5 Å². The number of anilines is 1. The number of nitrogens with zero attached hydrogens (tertiary/aromatic N) is 1. The maximum Gasteiger partial charge on any atom is 0.0373 e. The summed E-state index contributed by atoms with van der Waals surface area (Å²) in [6, 6.07) is 16.0. The lowest BCUT2D eigenvalue weighted by molar-refractivity contribution is 0.528. The number of fused-ring (bicyclic) bond motifs is 1. The van der Waals surface area contributed by atoms with Gasteiger partial charge in [-0.3, -0.25) is 0 Å². The molecule has 0 spiro atoms. The van der Waals surface area contributed by atoms with Gasteiger partial charge in [0.05, 0.1) is 0 Å². The Balaban J connectivity index is 1.89. The molecule has 1 aliphatic heterocycles. The molecule has 0 radical (unpaired) electrons. The van der Waals surface area contributed by atoms with E-state index >= 15 is 0 Å². The lowest BCUT2D eigenvalue weighted by Crippen LogP contribution is -2.37. The van der Waals surface area contributed by atoms with Gasteiger partial charge in [0.1, 0.15) is 0 Å². The SMILES string of the molecule is CCC1CN(c2ccc3ccccc3c2)CCCN1. The van der Waals surface area contributed by atoms with E-state index in [1.807, 2.05) is 0 Å². The molecule has 1 atom stereocenters. The Morgan fingerprint density at radius 2 is 2.00 bits per heavy atom. The largest absolute Gasteiger partial charge is 0.370 e. The van der Waals surface area contributed by atoms with Gasteiger partial charge in [0.2, 0.25) is 0 Å². The van der Waals surface area contributed by atoms with Gasteiger partial charge in [-0.15, -0.1) is 0 Å². The number of hydrogen-bond acceptors (Lipinski definition) is 2. The molecule has 1 unspecified atom stereocenters. The fourth-order valence-corrected chi connectivity index (χ4v) is 2.88.